The lowest BCUT2D eigenvalue weighted by Gasteiger charge is -2.01. The maximum Gasteiger partial charge on any atom is 0.209 e. The van der Waals surface area contributed by atoms with Crippen LogP contribution >= 0.6 is 27.7 Å². The zero-order valence-electron chi connectivity index (χ0n) is 8.60. The number of alkyl halides is 1. The Morgan fingerprint density at radius 1 is 1.33 bits per heavy atom. The SMILES string of the molecule is BrCCCCCSc1nnnn1C1CC1. The number of thioether (sulfide) groups is 1. The summed E-state index contributed by atoms with van der Waals surface area (Å²) < 4.78 is 1.98. The number of unbranched alkanes of at least 4 members (excludes halogenated alkanes) is 2. The molecule has 0 bridgehead atoms. The van der Waals surface area contributed by atoms with Gasteiger partial charge in [0.1, 0.15) is 0 Å². The second-order valence-corrected chi connectivity index (χ2v) is 5.59. The molecule has 84 valence electrons. The van der Waals surface area contributed by atoms with Gasteiger partial charge in [0.15, 0.2) is 0 Å². The fraction of sp³-hybridized carbons (Fsp3) is 0.889. The van der Waals surface area contributed by atoms with E-state index in [-0.39, 0.29) is 0 Å². The number of nitrogens with zero attached hydrogens (tertiary/aromatic N) is 4. The van der Waals surface area contributed by atoms with Crippen molar-refractivity contribution < 1.29 is 0 Å². The zero-order valence-corrected chi connectivity index (χ0v) is 11.0. The quantitative estimate of drug-likeness (QED) is 0.440. The minimum absolute atomic E-state index is 0.588. The van der Waals surface area contributed by atoms with E-state index in [1.807, 2.05) is 4.68 Å². The predicted octanol–water partition coefficient (Wildman–Crippen LogP) is 2.67. The Hall–Kier alpha value is -0.100. The fourth-order valence-corrected chi connectivity index (χ4v) is 2.71. The minimum Gasteiger partial charge on any atom is -0.217 e. The zero-order chi connectivity index (χ0) is 10.5. The number of rotatable bonds is 7. The van der Waals surface area contributed by atoms with Crippen LogP contribution in [-0.4, -0.2) is 31.3 Å². The van der Waals surface area contributed by atoms with Gasteiger partial charge < -0.3 is 0 Å². The van der Waals surface area contributed by atoms with E-state index in [0.717, 1.165) is 16.2 Å². The average Bonchev–Trinajstić information content (AvgIpc) is 2.99. The van der Waals surface area contributed by atoms with Gasteiger partial charge in [-0.3, -0.25) is 0 Å². The molecular formula is C9H15BrN4S. The molecular weight excluding hydrogens is 276 g/mol. The van der Waals surface area contributed by atoms with Crippen molar-refractivity contribution in [2.75, 3.05) is 11.1 Å². The van der Waals surface area contributed by atoms with Crippen molar-refractivity contribution in [3.05, 3.63) is 0 Å². The van der Waals surface area contributed by atoms with E-state index in [1.165, 1.54) is 32.1 Å². The highest BCUT2D eigenvalue weighted by molar-refractivity contribution is 9.09. The Morgan fingerprint density at radius 3 is 2.93 bits per heavy atom. The van der Waals surface area contributed by atoms with Gasteiger partial charge in [0, 0.05) is 11.1 Å². The molecule has 6 heteroatoms. The van der Waals surface area contributed by atoms with Gasteiger partial charge in [0.05, 0.1) is 6.04 Å². The number of halogens is 1. The highest BCUT2D eigenvalue weighted by Gasteiger charge is 2.27. The van der Waals surface area contributed by atoms with Crippen LogP contribution in [0.3, 0.4) is 0 Å². The maximum absolute atomic E-state index is 4.05. The first-order valence-corrected chi connectivity index (χ1v) is 7.49. The first-order chi connectivity index (χ1) is 7.42. The summed E-state index contributed by atoms with van der Waals surface area (Å²) in [5, 5.41) is 13.9. The normalized spacial score (nSPS) is 15.8. The molecule has 0 radical (unpaired) electrons. The maximum atomic E-state index is 4.05. The Morgan fingerprint density at radius 2 is 2.20 bits per heavy atom. The van der Waals surface area contributed by atoms with Crippen LogP contribution < -0.4 is 0 Å². The summed E-state index contributed by atoms with van der Waals surface area (Å²) in [5.41, 5.74) is 0. The van der Waals surface area contributed by atoms with Crippen molar-refractivity contribution in [3.8, 4) is 0 Å². The molecule has 0 aliphatic heterocycles. The lowest BCUT2D eigenvalue weighted by atomic mass is 10.3. The van der Waals surface area contributed by atoms with Crippen molar-refractivity contribution >= 4 is 27.7 Å². The number of tetrazole rings is 1. The van der Waals surface area contributed by atoms with Gasteiger partial charge in [-0.2, -0.15) is 0 Å². The Labute approximate surface area is 102 Å². The molecule has 0 spiro atoms. The van der Waals surface area contributed by atoms with E-state index in [9.17, 15) is 0 Å². The standard InChI is InChI=1S/C9H15BrN4S/c10-6-2-1-3-7-15-9-11-12-13-14(9)8-4-5-8/h8H,1-7H2. The number of aromatic nitrogens is 4. The average molecular weight is 291 g/mol. The summed E-state index contributed by atoms with van der Waals surface area (Å²) >= 11 is 5.22. The van der Waals surface area contributed by atoms with Crippen molar-refractivity contribution in [2.24, 2.45) is 0 Å². The third-order valence-corrected chi connectivity index (χ3v) is 3.94. The molecule has 1 heterocycles. The second-order valence-electron chi connectivity index (χ2n) is 3.74. The first-order valence-electron chi connectivity index (χ1n) is 5.38. The molecule has 1 saturated carbocycles. The van der Waals surface area contributed by atoms with E-state index in [0.29, 0.717) is 6.04 Å². The number of hydrogen-bond donors (Lipinski definition) is 0. The molecule has 1 aliphatic carbocycles. The van der Waals surface area contributed by atoms with Gasteiger partial charge in [-0.05, 0) is 36.1 Å². The fourth-order valence-electron chi connectivity index (χ4n) is 1.37. The summed E-state index contributed by atoms with van der Waals surface area (Å²) in [6.45, 7) is 0. The molecule has 0 amide bonds. The van der Waals surface area contributed by atoms with Gasteiger partial charge >= 0.3 is 0 Å². The summed E-state index contributed by atoms with van der Waals surface area (Å²) in [6, 6.07) is 0.588. The highest BCUT2D eigenvalue weighted by atomic mass is 79.9. The smallest absolute Gasteiger partial charge is 0.209 e. The third-order valence-electron chi connectivity index (χ3n) is 2.36. The summed E-state index contributed by atoms with van der Waals surface area (Å²) in [7, 11) is 0. The molecule has 0 aromatic carbocycles. The van der Waals surface area contributed by atoms with Gasteiger partial charge in [-0.15, -0.1) is 5.10 Å². The van der Waals surface area contributed by atoms with E-state index < -0.39 is 0 Å². The monoisotopic (exact) mass is 290 g/mol. The second kappa shape index (κ2) is 5.84. The molecule has 2 rings (SSSR count). The van der Waals surface area contributed by atoms with E-state index in [1.54, 1.807) is 11.8 Å². The largest absolute Gasteiger partial charge is 0.217 e. The van der Waals surface area contributed by atoms with Crippen LogP contribution in [-0.2, 0) is 0 Å². The first kappa shape index (κ1) is 11.4. The van der Waals surface area contributed by atoms with Gasteiger partial charge in [-0.1, -0.05) is 34.1 Å². The van der Waals surface area contributed by atoms with Crippen LogP contribution in [0.2, 0.25) is 0 Å². The van der Waals surface area contributed by atoms with Crippen LogP contribution in [0.25, 0.3) is 0 Å². The third kappa shape index (κ3) is 3.45. The van der Waals surface area contributed by atoms with Gasteiger partial charge in [-0.25, -0.2) is 4.68 Å². The van der Waals surface area contributed by atoms with Crippen molar-refractivity contribution in [1.82, 2.24) is 20.2 Å². The molecule has 15 heavy (non-hydrogen) atoms. The van der Waals surface area contributed by atoms with E-state index in [2.05, 4.69) is 31.5 Å². The van der Waals surface area contributed by atoms with E-state index in [4.69, 9.17) is 0 Å². The molecule has 1 aromatic rings. The topological polar surface area (TPSA) is 43.6 Å². The molecule has 0 unspecified atom stereocenters. The molecule has 4 nitrogen and oxygen atoms in total. The highest BCUT2D eigenvalue weighted by Crippen LogP contribution is 2.36. The van der Waals surface area contributed by atoms with Crippen LogP contribution in [0.4, 0.5) is 0 Å². The molecule has 1 aliphatic rings. The lowest BCUT2D eigenvalue weighted by Crippen LogP contribution is -1.99. The van der Waals surface area contributed by atoms with Crippen molar-refractivity contribution in [1.29, 1.82) is 0 Å². The Balaban J connectivity index is 1.70. The molecule has 1 aromatic heterocycles. The van der Waals surface area contributed by atoms with Gasteiger partial charge in [0.2, 0.25) is 5.16 Å². The predicted molar refractivity (Wildman–Crippen MR) is 64.5 cm³/mol. The summed E-state index contributed by atoms with van der Waals surface area (Å²) in [5.74, 6) is 1.13. The minimum atomic E-state index is 0.588. The van der Waals surface area contributed by atoms with E-state index >= 15 is 0 Å². The lowest BCUT2D eigenvalue weighted by molar-refractivity contribution is 0.565. The number of hydrogen-bond acceptors (Lipinski definition) is 4. The van der Waals surface area contributed by atoms with Gasteiger partial charge in [0.25, 0.3) is 0 Å². The van der Waals surface area contributed by atoms with Crippen molar-refractivity contribution in [2.45, 2.75) is 43.3 Å². The molecule has 0 N–H and O–H groups in total. The molecule has 0 atom stereocenters. The van der Waals surface area contributed by atoms with Crippen LogP contribution in [0.15, 0.2) is 5.16 Å². The summed E-state index contributed by atoms with van der Waals surface area (Å²) in [6.07, 6.45) is 6.26. The van der Waals surface area contributed by atoms with Crippen molar-refractivity contribution in [3.63, 3.8) is 0 Å². The van der Waals surface area contributed by atoms with Crippen LogP contribution in [0.5, 0.6) is 0 Å². The molecule has 1 fully saturated rings. The summed E-state index contributed by atoms with van der Waals surface area (Å²) in [4.78, 5) is 0. The Kier molecular flexibility index (Phi) is 4.43. The molecule has 0 saturated heterocycles. The van der Waals surface area contributed by atoms with Crippen LogP contribution in [0, 0.1) is 0 Å². The van der Waals surface area contributed by atoms with Crippen LogP contribution in [0.1, 0.15) is 38.1 Å². The Bertz CT molecular complexity index is 300.